The van der Waals surface area contributed by atoms with Crippen LogP contribution >= 0.6 is 0 Å². The lowest BCUT2D eigenvalue weighted by molar-refractivity contribution is 1.35. The molecule has 0 aliphatic rings. The smallest absolute Gasteiger partial charge is 0.0505 e. The summed E-state index contributed by atoms with van der Waals surface area (Å²) in [5.41, 5.74) is 9.47. The van der Waals surface area contributed by atoms with E-state index in [0.717, 1.165) is 5.69 Å². The van der Waals surface area contributed by atoms with E-state index in [2.05, 4.69) is 5.43 Å². The van der Waals surface area contributed by atoms with Gasteiger partial charge in [-0.2, -0.15) is 0 Å². The number of rotatable bonds is 1. The van der Waals surface area contributed by atoms with Crippen molar-refractivity contribution < 1.29 is 0 Å². The number of nitrogens with two attached hydrogens (primary N) is 2. The maximum atomic E-state index is 5.44. The van der Waals surface area contributed by atoms with Gasteiger partial charge in [0.05, 0.1) is 5.69 Å². The van der Waals surface area contributed by atoms with E-state index in [9.17, 15) is 0 Å². The standard InChI is InChI=1S/C6H9N3/c7-5-2-1-3-6(4-5)9-8/h1-4,9H,7-8H2. The van der Waals surface area contributed by atoms with E-state index in [1.165, 1.54) is 0 Å². The number of nitrogen functional groups attached to an aromatic ring is 2. The van der Waals surface area contributed by atoms with Gasteiger partial charge in [0, 0.05) is 5.69 Å². The number of hydrogen-bond acceptors (Lipinski definition) is 3. The molecule has 3 nitrogen and oxygen atoms in total. The minimum absolute atomic E-state index is 0.713. The van der Waals surface area contributed by atoms with Gasteiger partial charge in [0.15, 0.2) is 0 Å². The first-order valence-electron chi connectivity index (χ1n) is 2.65. The highest BCUT2D eigenvalue weighted by Crippen LogP contribution is 2.09. The van der Waals surface area contributed by atoms with E-state index < -0.39 is 0 Å². The third-order valence-corrected chi connectivity index (χ3v) is 1.05. The first-order chi connectivity index (χ1) is 4.33. The third kappa shape index (κ3) is 1.33. The molecule has 3 heteroatoms. The minimum Gasteiger partial charge on any atom is -0.399 e. The predicted octanol–water partition coefficient (Wildman–Crippen LogP) is 0.554. The van der Waals surface area contributed by atoms with Crippen LogP contribution < -0.4 is 17.0 Å². The first-order valence-corrected chi connectivity index (χ1v) is 2.65. The molecule has 0 spiro atoms. The molecule has 0 saturated carbocycles. The van der Waals surface area contributed by atoms with Gasteiger partial charge in [0.25, 0.3) is 0 Å². The van der Waals surface area contributed by atoms with Crippen molar-refractivity contribution in [2.75, 3.05) is 11.2 Å². The van der Waals surface area contributed by atoms with Gasteiger partial charge in [-0.1, -0.05) is 6.07 Å². The van der Waals surface area contributed by atoms with Gasteiger partial charge in [-0.3, -0.25) is 5.84 Å². The fourth-order valence-electron chi connectivity index (χ4n) is 0.628. The zero-order chi connectivity index (χ0) is 6.69. The van der Waals surface area contributed by atoms with Gasteiger partial charge in [-0.25, -0.2) is 0 Å². The largest absolute Gasteiger partial charge is 0.399 e. The van der Waals surface area contributed by atoms with E-state index in [0.29, 0.717) is 5.69 Å². The first kappa shape index (κ1) is 5.91. The van der Waals surface area contributed by atoms with Crippen LogP contribution in [0.2, 0.25) is 0 Å². The molecule has 0 bridgehead atoms. The van der Waals surface area contributed by atoms with Crippen LogP contribution in [0.1, 0.15) is 0 Å². The van der Waals surface area contributed by atoms with Crippen molar-refractivity contribution in [2.45, 2.75) is 0 Å². The van der Waals surface area contributed by atoms with Gasteiger partial charge in [0.2, 0.25) is 0 Å². The zero-order valence-corrected chi connectivity index (χ0v) is 4.96. The van der Waals surface area contributed by atoms with E-state index in [1.807, 2.05) is 12.1 Å². The second-order valence-electron chi connectivity index (χ2n) is 1.77. The van der Waals surface area contributed by atoms with Gasteiger partial charge >= 0.3 is 0 Å². The Balaban J connectivity index is 2.94. The summed E-state index contributed by atoms with van der Waals surface area (Å²) in [5.74, 6) is 5.11. The predicted molar refractivity (Wildman–Crippen MR) is 38.7 cm³/mol. The van der Waals surface area contributed by atoms with Gasteiger partial charge in [-0.05, 0) is 18.2 Å². The molecule has 0 amide bonds. The zero-order valence-electron chi connectivity index (χ0n) is 4.96. The molecule has 1 aromatic rings. The molecular formula is C6H9N3. The lowest BCUT2D eigenvalue weighted by Gasteiger charge is -1.98. The number of hydrogen-bond donors (Lipinski definition) is 3. The second-order valence-corrected chi connectivity index (χ2v) is 1.77. The van der Waals surface area contributed by atoms with Crippen molar-refractivity contribution in [1.82, 2.24) is 0 Å². The molecule has 0 heterocycles. The molecule has 48 valence electrons. The minimum atomic E-state index is 0.713. The number of hydrazine groups is 1. The topological polar surface area (TPSA) is 64.1 Å². The Labute approximate surface area is 53.6 Å². The molecule has 0 unspecified atom stereocenters. The maximum absolute atomic E-state index is 5.44. The molecular weight excluding hydrogens is 114 g/mol. The van der Waals surface area contributed by atoms with Gasteiger partial charge in [-0.15, -0.1) is 0 Å². The Morgan fingerprint density at radius 3 is 2.56 bits per heavy atom. The van der Waals surface area contributed by atoms with E-state index >= 15 is 0 Å². The molecule has 0 saturated heterocycles. The molecule has 1 rings (SSSR count). The number of anilines is 2. The summed E-state index contributed by atoms with van der Waals surface area (Å²) >= 11 is 0. The highest BCUT2D eigenvalue weighted by atomic mass is 15.2. The van der Waals surface area contributed by atoms with Crippen LogP contribution in [0.15, 0.2) is 24.3 Å². The molecule has 0 atom stereocenters. The summed E-state index contributed by atoms with van der Waals surface area (Å²) in [6.45, 7) is 0. The van der Waals surface area contributed by atoms with Crippen LogP contribution in [-0.2, 0) is 0 Å². The average molecular weight is 123 g/mol. The summed E-state index contributed by atoms with van der Waals surface area (Å²) in [4.78, 5) is 0. The Morgan fingerprint density at radius 2 is 2.11 bits per heavy atom. The highest BCUT2D eigenvalue weighted by Gasteiger charge is 1.85. The molecule has 9 heavy (non-hydrogen) atoms. The van der Waals surface area contributed by atoms with Crippen molar-refractivity contribution in [2.24, 2.45) is 5.84 Å². The molecule has 5 N–H and O–H groups in total. The quantitative estimate of drug-likeness (QED) is 0.290. The fourth-order valence-corrected chi connectivity index (χ4v) is 0.628. The fraction of sp³-hybridized carbons (Fsp3) is 0. The summed E-state index contributed by atoms with van der Waals surface area (Å²) < 4.78 is 0. The second kappa shape index (κ2) is 2.37. The molecule has 0 fully saturated rings. The third-order valence-electron chi connectivity index (χ3n) is 1.05. The number of nitrogens with one attached hydrogen (secondary N) is 1. The SMILES string of the molecule is NNc1cccc(N)c1. The van der Waals surface area contributed by atoms with E-state index in [1.54, 1.807) is 12.1 Å². The Hall–Kier alpha value is -1.22. The summed E-state index contributed by atoms with van der Waals surface area (Å²) in [6, 6.07) is 7.25. The molecule has 1 aromatic carbocycles. The molecule has 0 aromatic heterocycles. The monoisotopic (exact) mass is 123 g/mol. The van der Waals surface area contributed by atoms with Crippen LogP contribution in [0.5, 0.6) is 0 Å². The lowest BCUT2D eigenvalue weighted by atomic mass is 10.3. The van der Waals surface area contributed by atoms with Crippen molar-refractivity contribution >= 4 is 11.4 Å². The van der Waals surface area contributed by atoms with Crippen molar-refractivity contribution in [3.05, 3.63) is 24.3 Å². The summed E-state index contributed by atoms with van der Waals surface area (Å²) in [5, 5.41) is 0. The van der Waals surface area contributed by atoms with Crippen LogP contribution in [-0.4, -0.2) is 0 Å². The van der Waals surface area contributed by atoms with Crippen LogP contribution in [0.4, 0.5) is 11.4 Å². The number of benzene rings is 1. The summed E-state index contributed by atoms with van der Waals surface area (Å²) in [6.07, 6.45) is 0. The van der Waals surface area contributed by atoms with E-state index in [-0.39, 0.29) is 0 Å². The Kier molecular flexibility index (Phi) is 1.55. The summed E-state index contributed by atoms with van der Waals surface area (Å²) in [7, 11) is 0. The molecule has 0 aliphatic carbocycles. The van der Waals surface area contributed by atoms with Crippen LogP contribution in [0.25, 0.3) is 0 Å². The highest BCUT2D eigenvalue weighted by molar-refractivity contribution is 5.53. The molecule has 0 radical (unpaired) electrons. The van der Waals surface area contributed by atoms with Crippen LogP contribution in [0, 0.1) is 0 Å². The van der Waals surface area contributed by atoms with E-state index in [4.69, 9.17) is 11.6 Å². The van der Waals surface area contributed by atoms with Crippen molar-refractivity contribution in [3.8, 4) is 0 Å². The van der Waals surface area contributed by atoms with Gasteiger partial charge < -0.3 is 11.2 Å². The normalized spacial score (nSPS) is 9.00. The van der Waals surface area contributed by atoms with Crippen LogP contribution in [0.3, 0.4) is 0 Å². The maximum Gasteiger partial charge on any atom is 0.0505 e. The molecule has 0 aliphatic heterocycles. The Morgan fingerprint density at radius 1 is 1.33 bits per heavy atom. The van der Waals surface area contributed by atoms with Gasteiger partial charge in [0.1, 0.15) is 0 Å². The average Bonchev–Trinajstić information content (AvgIpc) is 1.88. The lowest BCUT2D eigenvalue weighted by Crippen LogP contribution is -2.06. The van der Waals surface area contributed by atoms with Crippen molar-refractivity contribution in [1.29, 1.82) is 0 Å². The van der Waals surface area contributed by atoms with Crippen molar-refractivity contribution in [3.63, 3.8) is 0 Å². The Bertz CT molecular complexity index is 197.